The number of hydrogen-bond donors (Lipinski definition) is 3. The number of carbonyl (C=O) groups excluding carboxylic acids is 2. The second-order valence-corrected chi connectivity index (χ2v) is 4.89. The Kier molecular flexibility index (Phi) is 5.19. The molecule has 0 saturated carbocycles. The predicted octanol–water partition coefficient (Wildman–Crippen LogP) is 1.80. The molecule has 0 radical (unpaired) electrons. The number of amides is 2. The Morgan fingerprint density at radius 3 is 2.19 bits per heavy atom. The van der Waals surface area contributed by atoms with E-state index in [2.05, 4.69) is 0 Å². The molecular formula is C12H12ClF3N2O3. The number of alkyl halides is 3. The van der Waals surface area contributed by atoms with E-state index < -0.39 is 30.0 Å². The minimum Gasteiger partial charge on any atom is -0.380 e. The summed E-state index contributed by atoms with van der Waals surface area (Å²) in [5.74, 6) is -1.91. The SMILES string of the molecule is C[C@](O)(CC(=O)NNC(=O)c1ccc(Cl)cc1)C(F)(F)F. The molecule has 3 N–H and O–H groups in total. The van der Waals surface area contributed by atoms with Crippen molar-refractivity contribution in [2.45, 2.75) is 25.1 Å². The minimum atomic E-state index is -4.95. The Morgan fingerprint density at radius 2 is 1.71 bits per heavy atom. The number of halogens is 4. The fraction of sp³-hybridized carbons (Fsp3) is 0.333. The van der Waals surface area contributed by atoms with Gasteiger partial charge in [0.2, 0.25) is 5.91 Å². The summed E-state index contributed by atoms with van der Waals surface area (Å²) in [4.78, 5) is 22.9. The maximum atomic E-state index is 12.4. The summed E-state index contributed by atoms with van der Waals surface area (Å²) in [7, 11) is 0. The van der Waals surface area contributed by atoms with Crippen molar-refractivity contribution in [1.29, 1.82) is 0 Å². The standard InChI is InChI=1S/C12H12ClF3N2O3/c1-11(21,12(14,15)16)6-9(19)17-18-10(20)7-2-4-8(13)5-3-7/h2-5,21H,6H2,1H3,(H,17,19)(H,18,20)/t11-/m0/s1. The summed E-state index contributed by atoms with van der Waals surface area (Å²) < 4.78 is 37.1. The maximum absolute atomic E-state index is 12.4. The van der Waals surface area contributed by atoms with Crippen molar-refractivity contribution < 1.29 is 27.9 Å². The quantitative estimate of drug-likeness (QED) is 0.742. The molecule has 0 aliphatic heterocycles. The van der Waals surface area contributed by atoms with Crippen molar-refractivity contribution in [3.63, 3.8) is 0 Å². The lowest BCUT2D eigenvalue weighted by Gasteiger charge is -2.25. The van der Waals surface area contributed by atoms with Crippen molar-refractivity contribution in [3.05, 3.63) is 34.9 Å². The van der Waals surface area contributed by atoms with E-state index in [-0.39, 0.29) is 5.56 Å². The zero-order valence-corrected chi connectivity index (χ0v) is 11.5. The highest BCUT2D eigenvalue weighted by atomic mass is 35.5. The fourth-order valence-electron chi connectivity index (χ4n) is 1.26. The van der Waals surface area contributed by atoms with E-state index in [1.54, 1.807) is 5.43 Å². The number of hydrogen-bond acceptors (Lipinski definition) is 3. The van der Waals surface area contributed by atoms with Crippen molar-refractivity contribution in [3.8, 4) is 0 Å². The van der Waals surface area contributed by atoms with E-state index in [4.69, 9.17) is 16.7 Å². The maximum Gasteiger partial charge on any atom is 0.417 e. The third kappa shape index (κ3) is 4.91. The highest BCUT2D eigenvalue weighted by Gasteiger charge is 2.51. The highest BCUT2D eigenvalue weighted by molar-refractivity contribution is 6.30. The highest BCUT2D eigenvalue weighted by Crippen LogP contribution is 2.32. The Morgan fingerprint density at radius 1 is 1.19 bits per heavy atom. The van der Waals surface area contributed by atoms with E-state index >= 15 is 0 Å². The fourth-order valence-corrected chi connectivity index (χ4v) is 1.38. The molecule has 1 aromatic rings. The van der Waals surface area contributed by atoms with Crippen molar-refractivity contribution in [2.75, 3.05) is 0 Å². The number of aliphatic hydroxyl groups is 1. The van der Waals surface area contributed by atoms with Crippen LogP contribution in [0.1, 0.15) is 23.7 Å². The van der Waals surface area contributed by atoms with Crippen LogP contribution in [0.5, 0.6) is 0 Å². The van der Waals surface area contributed by atoms with Gasteiger partial charge in [-0.05, 0) is 31.2 Å². The molecule has 1 aromatic carbocycles. The summed E-state index contributed by atoms with van der Waals surface area (Å²) in [6.07, 6.45) is -6.19. The largest absolute Gasteiger partial charge is 0.417 e. The second kappa shape index (κ2) is 6.31. The van der Waals surface area contributed by atoms with Gasteiger partial charge < -0.3 is 5.11 Å². The summed E-state index contributed by atoms with van der Waals surface area (Å²) in [5.41, 5.74) is 0.701. The Hall–Kier alpha value is -1.80. The number of benzene rings is 1. The zero-order chi connectivity index (χ0) is 16.3. The lowest BCUT2D eigenvalue weighted by Crippen LogP contribution is -2.49. The molecule has 0 unspecified atom stereocenters. The Labute approximate surface area is 123 Å². The molecule has 2 amide bonds. The lowest BCUT2D eigenvalue weighted by molar-refractivity contribution is -0.253. The van der Waals surface area contributed by atoms with Gasteiger partial charge in [-0.1, -0.05) is 11.6 Å². The molecule has 0 saturated heterocycles. The molecule has 9 heteroatoms. The van der Waals surface area contributed by atoms with E-state index in [1.807, 2.05) is 5.43 Å². The normalized spacial score (nSPS) is 14.2. The molecule has 0 spiro atoms. The van der Waals surface area contributed by atoms with Crippen LogP contribution in [0.15, 0.2) is 24.3 Å². The van der Waals surface area contributed by atoms with Crippen LogP contribution in [0.3, 0.4) is 0 Å². The molecule has 1 atom stereocenters. The van der Waals surface area contributed by atoms with E-state index in [1.165, 1.54) is 24.3 Å². The van der Waals surface area contributed by atoms with Gasteiger partial charge >= 0.3 is 6.18 Å². The number of hydrazine groups is 1. The van der Waals surface area contributed by atoms with Crippen molar-refractivity contribution in [2.24, 2.45) is 0 Å². The molecule has 5 nitrogen and oxygen atoms in total. The van der Waals surface area contributed by atoms with Crippen LogP contribution in [-0.4, -0.2) is 28.7 Å². The number of rotatable bonds is 3. The molecule has 0 aromatic heterocycles. The van der Waals surface area contributed by atoms with Crippen LogP contribution in [0.25, 0.3) is 0 Å². The van der Waals surface area contributed by atoms with Gasteiger partial charge in [-0.15, -0.1) is 0 Å². The summed E-state index contributed by atoms with van der Waals surface area (Å²) >= 11 is 5.62. The first kappa shape index (κ1) is 17.3. The average molecular weight is 325 g/mol. The minimum absolute atomic E-state index is 0.155. The topological polar surface area (TPSA) is 78.4 Å². The van der Waals surface area contributed by atoms with Crippen LogP contribution < -0.4 is 10.9 Å². The summed E-state index contributed by atoms with van der Waals surface area (Å²) in [5, 5.41) is 9.52. The molecule has 0 fully saturated rings. The summed E-state index contributed by atoms with van der Waals surface area (Å²) in [6, 6.07) is 5.62. The number of nitrogens with one attached hydrogen (secondary N) is 2. The molecule has 0 bridgehead atoms. The van der Waals surface area contributed by atoms with E-state index in [9.17, 15) is 22.8 Å². The smallest absolute Gasteiger partial charge is 0.380 e. The first-order valence-electron chi connectivity index (χ1n) is 5.67. The van der Waals surface area contributed by atoms with Crippen molar-refractivity contribution in [1.82, 2.24) is 10.9 Å². The molecule has 0 aliphatic rings. The van der Waals surface area contributed by atoms with Crippen LogP contribution in [0.2, 0.25) is 5.02 Å². The second-order valence-electron chi connectivity index (χ2n) is 4.46. The molecule has 0 heterocycles. The zero-order valence-electron chi connectivity index (χ0n) is 10.8. The number of carbonyl (C=O) groups is 2. The predicted molar refractivity (Wildman–Crippen MR) is 68.4 cm³/mol. The van der Waals surface area contributed by atoms with Gasteiger partial charge in [0.15, 0.2) is 5.60 Å². The summed E-state index contributed by atoms with van der Waals surface area (Å²) in [6.45, 7) is 0.466. The van der Waals surface area contributed by atoms with Gasteiger partial charge in [0.05, 0.1) is 6.42 Å². The monoisotopic (exact) mass is 324 g/mol. The average Bonchev–Trinajstić information content (AvgIpc) is 2.35. The van der Waals surface area contributed by atoms with Gasteiger partial charge in [-0.3, -0.25) is 20.4 Å². The van der Waals surface area contributed by atoms with Crippen LogP contribution >= 0.6 is 11.6 Å². The van der Waals surface area contributed by atoms with Crippen LogP contribution in [0, 0.1) is 0 Å². The van der Waals surface area contributed by atoms with Gasteiger partial charge in [0, 0.05) is 10.6 Å². The van der Waals surface area contributed by atoms with Crippen LogP contribution in [-0.2, 0) is 4.79 Å². The molecule has 1 rings (SSSR count). The Bertz CT molecular complexity index is 530. The third-order valence-electron chi connectivity index (χ3n) is 2.54. The van der Waals surface area contributed by atoms with E-state index in [0.29, 0.717) is 11.9 Å². The molecule has 21 heavy (non-hydrogen) atoms. The van der Waals surface area contributed by atoms with Crippen LogP contribution in [0.4, 0.5) is 13.2 Å². The molecule has 0 aliphatic carbocycles. The van der Waals surface area contributed by atoms with Gasteiger partial charge in [0.1, 0.15) is 0 Å². The lowest BCUT2D eigenvalue weighted by atomic mass is 10.0. The first-order chi connectivity index (χ1) is 9.53. The van der Waals surface area contributed by atoms with Gasteiger partial charge in [0.25, 0.3) is 5.91 Å². The third-order valence-corrected chi connectivity index (χ3v) is 2.79. The van der Waals surface area contributed by atoms with Gasteiger partial charge in [-0.25, -0.2) is 0 Å². The van der Waals surface area contributed by atoms with Crippen molar-refractivity contribution >= 4 is 23.4 Å². The Balaban J connectivity index is 2.54. The molecule has 116 valence electrons. The molecular weight excluding hydrogens is 313 g/mol. The first-order valence-corrected chi connectivity index (χ1v) is 6.04. The van der Waals surface area contributed by atoms with Gasteiger partial charge in [-0.2, -0.15) is 13.2 Å². The van der Waals surface area contributed by atoms with E-state index in [0.717, 1.165) is 0 Å².